The number of hydrogen-bond donors (Lipinski definition) is 1. The van der Waals surface area contributed by atoms with Gasteiger partial charge in [0.25, 0.3) is 5.91 Å². The molecule has 0 radical (unpaired) electrons. The van der Waals surface area contributed by atoms with Gasteiger partial charge in [0.2, 0.25) is 0 Å². The van der Waals surface area contributed by atoms with E-state index >= 15 is 0 Å². The van der Waals surface area contributed by atoms with E-state index in [4.69, 9.17) is 10.5 Å². The van der Waals surface area contributed by atoms with Gasteiger partial charge in [-0.2, -0.15) is 0 Å². The Balaban J connectivity index is 2.15. The van der Waals surface area contributed by atoms with E-state index in [0.29, 0.717) is 12.1 Å². The van der Waals surface area contributed by atoms with Crippen LogP contribution in [0.25, 0.3) is 11.3 Å². The van der Waals surface area contributed by atoms with E-state index in [1.807, 2.05) is 49.4 Å². The first-order valence-electron chi connectivity index (χ1n) is 8.20. The van der Waals surface area contributed by atoms with Gasteiger partial charge >= 0.3 is 0 Å². The van der Waals surface area contributed by atoms with Crippen molar-refractivity contribution in [2.24, 2.45) is 5.73 Å². The molecule has 0 aliphatic rings. The number of benzene rings is 2. The average molecular weight is 334 g/mol. The van der Waals surface area contributed by atoms with Crippen LogP contribution in [-0.2, 0) is 6.54 Å². The fourth-order valence-corrected chi connectivity index (χ4v) is 3.08. The molecule has 0 saturated carbocycles. The zero-order chi connectivity index (χ0) is 18.0. The average Bonchev–Trinajstić information content (AvgIpc) is 2.94. The van der Waals surface area contributed by atoms with Gasteiger partial charge in [0.1, 0.15) is 5.75 Å². The number of carbonyl (C=O) groups is 1. The summed E-state index contributed by atoms with van der Waals surface area (Å²) in [5.74, 6) is 0.365. The highest BCUT2D eigenvalue weighted by atomic mass is 16.5. The van der Waals surface area contributed by atoms with Gasteiger partial charge in [-0.25, -0.2) is 0 Å². The van der Waals surface area contributed by atoms with Crippen LogP contribution in [0.2, 0.25) is 0 Å². The van der Waals surface area contributed by atoms with Gasteiger partial charge in [-0.05, 0) is 43.2 Å². The van der Waals surface area contributed by atoms with E-state index in [0.717, 1.165) is 22.7 Å². The first-order valence-corrected chi connectivity index (χ1v) is 8.20. The molecule has 0 spiro atoms. The lowest BCUT2D eigenvalue weighted by atomic mass is 10.1. The number of nitrogens with two attached hydrogens (primary N) is 1. The van der Waals surface area contributed by atoms with Crippen LogP contribution in [0.1, 0.15) is 27.2 Å². The topological polar surface area (TPSA) is 57.2 Å². The van der Waals surface area contributed by atoms with Crippen molar-refractivity contribution in [1.29, 1.82) is 0 Å². The molecular formula is C21H22N2O2. The van der Waals surface area contributed by atoms with Crippen LogP contribution in [0.4, 0.5) is 0 Å². The molecule has 25 heavy (non-hydrogen) atoms. The second kappa shape index (κ2) is 6.85. The van der Waals surface area contributed by atoms with Gasteiger partial charge in [0.05, 0.1) is 12.7 Å². The minimum absolute atomic E-state index is 0.412. The van der Waals surface area contributed by atoms with Crippen molar-refractivity contribution in [2.45, 2.75) is 20.4 Å². The maximum Gasteiger partial charge on any atom is 0.250 e. The summed E-state index contributed by atoms with van der Waals surface area (Å²) in [6.45, 7) is 4.70. The van der Waals surface area contributed by atoms with Gasteiger partial charge in [0.15, 0.2) is 0 Å². The fraction of sp³-hybridized carbons (Fsp3) is 0.190. The SMILES string of the molecule is COc1cccc(-c2cc(C(N)=O)c(C)n2Cc2ccccc2C)c1. The van der Waals surface area contributed by atoms with Crippen LogP contribution in [0, 0.1) is 13.8 Å². The third kappa shape index (κ3) is 3.29. The second-order valence-electron chi connectivity index (χ2n) is 6.14. The monoisotopic (exact) mass is 334 g/mol. The van der Waals surface area contributed by atoms with E-state index in [-0.39, 0.29) is 0 Å². The van der Waals surface area contributed by atoms with Gasteiger partial charge in [-0.15, -0.1) is 0 Å². The van der Waals surface area contributed by atoms with Crippen LogP contribution in [0.5, 0.6) is 5.75 Å². The highest BCUT2D eigenvalue weighted by Crippen LogP contribution is 2.29. The summed E-state index contributed by atoms with van der Waals surface area (Å²) in [6, 6.07) is 17.9. The van der Waals surface area contributed by atoms with Gasteiger partial charge in [-0.1, -0.05) is 36.4 Å². The van der Waals surface area contributed by atoms with E-state index in [1.165, 1.54) is 11.1 Å². The van der Waals surface area contributed by atoms with Crippen molar-refractivity contribution in [2.75, 3.05) is 7.11 Å². The normalized spacial score (nSPS) is 10.7. The Kier molecular flexibility index (Phi) is 4.61. The summed E-state index contributed by atoms with van der Waals surface area (Å²) >= 11 is 0. The number of carbonyl (C=O) groups excluding carboxylic acids is 1. The van der Waals surface area contributed by atoms with Crippen LogP contribution in [-0.4, -0.2) is 17.6 Å². The zero-order valence-electron chi connectivity index (χ0n) is 14.7. The van der Waals surface area contributed by atoms with Crippen LogP contribution in [0.3, 0.4) is 0 Å². The molecule has 1 amide bonds. The molecule has 0 saturated heterocycles. The summed E-state index contributed by atoms with van der Waals surface area (Å²) < 4.78 is 7.47. The molecule has 2 N–H and O–H groups in total. The Morgan fingerprint density at radius 2 is 1.84 bits per heavy atom. The quantitative estimate of drug-likeness (QED) is 0.768. The summed E-state index contributed by atoms with van der Waals surface area (Å²) in [4.78, 5) is 11.8. The number of amides is 1. The smallest absolute Gasteiger partial charge is 0.250 e. The van der Waals surface area contributed by atoms with Crippen molar-refractivity contribution < 1.29 is 9.53 Å². The van der Waals surface area contributed by atoms with Gasteiger partial charge < -0.3 is 15.0 Å². The summed E-state index contributed by atoms with van der Waals surface area (Å²) in [5, 5.41) is 0. The molecule has 1 heterocycles. The number of methoxy groups -OCH3 is 1. The molecule has 0 bridgehead atoms. The number of nitrogens with zero attached hydrogens (tertiary/aromatic N) is 1. The highest BCUT2D eigenvalue weighted by Gasteiger charge is 2.17. The Morgan fingerprint density at radius 1 is 1.08 bits per heavy atom. The fourth-order valence-electron chi connectivity index (χ4n) is 3.08. The van der Waals surface area contributed by atoms with Crippen molar-refractivity contribution in [3.63, 3.8) is 0 Å². The first-order chi connectivity index (χ1) is 12.0. The molecule has 1 aromatic heterocycles. The molecule has 4 nitrogen and oxygen atoms in total. The van der Waals surface area contributed by atoms with Gasteiger partial charge in [-0.3, -0.25) is 4.79 Å². The molecule has 0 aliphatic heterocycles. The molecule has 4 heteroatoms. The highest BCUT2D eigenvalue weighted by molar-refractivity contribution is 5.95. The summed E-state index contributed by atoms with van der Waals surface area (Å²) in [7, 11) is 1.64. The minimum Gasteiger partial charge on any atom is -0.497 e. The number of ether oxygens (including phenoxy) is 1. The Hall–Kier alpha value is -3.01. The number of hydrogen-bond acceptors (Lipinski definition) is 2. The number of rotatable bonds is 5. The third-order valence-corrected chi connectivity index (χ3v) is 4.59. The zero-order valence-corrected chi connectivity index (χ0v) is 14.7. The molecule has 128 valence electrons. The van der Waals surface area contributed by atoms with Crippen LogP contribution in [0.15, 0.2) is 54.6 Å². The second-order valence-corrected chi connectivity index (χ2v) is 6.14. The number of aryl methyl sites for hydroxylation is 1. The molecule has 0 unspecified atom stereocenters. The van der Waals surface area contributed by atoms with E-state index in [9.17, 15) is 4.79 Å². The molecule has 0 atom stereocenters. The Labute approximate surface area is 147 Å². The van der Waals surface area contributed by atoms with Crippen molar-refractivity contribution in [3.05, 3.63) is 77.0 Å². The van der Waals surface area contributed by atoms with E-state index < -0.39 is 5.91 Å². The minimum atomic E-state index is -0.412. The molecule has 0 fully saturated rings. The Morgan fingerprint density at radius 3 is 2.52 bits per heavy atom. The lowest BCUT2D eigenvalue weighted by molar-refractivity contribution is 0.0999. The van der Waals surface area contributed by atoms with E-state index in [1.54, 1.807) is 7.11 Å². The molecule has 3 rings (SSSR count). The molecule has 3 aromatic rings. The largest absolute Gasteiger partial charge is 0.497 e. The van der Waals surface area contributed by atoms with Gasteiger partial charge in [0, 0.05) is 23.5 Å². The lowest BCUT2D eigenvalue weighted by Crippen LogP contribution is -2.13. The predicted octanol–water partition coefficient (Wildman–Crippen LogP) is 3.93. The van der Waals surface area contributed by atoms with Crippen molar-refractivity contribution in [3.8, 4) is 17.0 Å². The Bertz CT molecular complexity index is 925. The number of primary amides is 1. The molecule has 0 aliphatic carbocycles. The standard InChI is InChI=1S/C21H22N2O2/c1-14-7-4-5-8-17(14)13-23-15(2)19(21(22)24)12-20(23)16-9-6-10-18(11-16)25-3/h4-12H,13H2,1-3H3,(H2,22,24). The van der Waals surface area contributed by atoms with Crippen molar-refractivity contribution in [1.82, 2.24) is 4.57 Å². The number of aromatic nitrogens is 1. The molecular weight excluding hydrogens is 312 g/mol. The maximum absolute atomic E-state index is 11.8. The first kappa shape index (κ1) is 16.8. The van der Waals surface area contributed by atoms with E-state index in [2.05, 4.69) is 23.6 Å². The predicted molar refractivity (Wildman–Crippen MR) is 100.0 cm³/mol. The van der Waals surface area contributed by atoms with Crippen LogP contribution >= 0.6 is 0 Å². The summed E-state index contributed by atoms with van der Waals surface area (Å²) in [6.07, 6.45) is 0. The maximum atomic E-state index is 11.8. The third-order valence-electron chi connectivity index (χ3n) is 4.59. The lowest BCUT2D eigenvalue weighted by Gasteiger charge is -2.14. The van der Waals surface area contributed by atoms with Crippen LogP contribution < -0.4 is 10.5 Å². The summed E-state index contributed by atoms with van der Waals surface area (Å²) in [5.41, 5.74) is 11.4. The molecule has 2 aromatic carbocycles. The van der Waals surface area contributed by atoms with Crippen molar-refractivity contribution >= 4 is 5.91 Å².